The summed E-state index contributed by atoms with van der Waals surface area (Å²) in [6.45, 7) is 5.09. The highest BCUT2D eigenvalue weighted by Crippen LogP contribution is 2.37. The highest BCUT2D eigenvalue weighted by Gasteiger charge is 2.48. The fourth-order valence-corrected chi connectivity index (χ4v) is 5.33. The molecule has 1 N–H and O–H groups in total. The van der Waals surface area contributed by atoms with Crippen molar-refractivity contribution in [2.24, 2.45) is 0 Å². The van der Waals surface area contributed by atoms with Crippen molar-refractivity contribution in [3.05, 3.63) is 83.4 Å². The van der Waals surface area contributed by atoms with E-state index in [0.717, 1.165) is 21.5 Å². The van der Waals surface area contributed by atoms with Gasteiger partial charge in [-0.15, -0.1) is 11.3 Å². The number of nitrogens with one attached hydrogen (secondary N) is 1. The Bertz CT molecular complexity index is 1310. The van der Waals surface area contributed by atoms with Gasteiger partial charge in [-0.1, -0.05) is 30.3 Å². The first-order valence-electron chi connectivity index (χ1n) is 11.0. The third-order valence-corrected chi connectivity index (χ3v) is 7.03. The SMILES string of the molecule is CCOc1ccc(N2C(=O)c3cc4ccsc4n3CC2(C)C(=O)NCc2ccccc2)cc1. The fraction of sp³-hybridized carbons (Fsp3) is 0.231. The average molecular weight is 460 g/mol. The van der Waals surface area contributed by atoms with Crippen LogP contribution in [0.4, 0.5) is 5.69 Å². The molecule has 7 heteroatoms. The van der Waals surface area contributed by atoms with Crippen LogP contribution in [0.2, 0.25) is 0 Å². The summed E-state index contributed by atoms with van der Waals surface area (Å²) in [5.74, 6) is 0.341. The molecule has 0 spiro atoms. The Kier molecular flexibility index (Phi) is 5.42. The second-order valence-corrected chi connectivity index (χ2v) is 9.20. The minimum atomic E-state index is -1.11. The Morgan fingerprint density at radius 2 is 1.88 bits per heavy atom. The monoisotopic (exact) mass is 459 g/mol. The number of rotatable bonds is 6. The summed E-state index contributed by atoms with van der Waals surface area (Å²) in [4.78, 5) is 30.1. The van der Waals surface area contributed by atoms with Crippen LogP contribution in [0.5, 0.6) is 5.75 Å². The van der Waals surface area contributed by atoms with Crippen LogP contribution in [0.1, 0.15) is 29.9 Å². The van der Waals surface area contributed by atoms with E-state index in [0.29, 0.717) is 31.1 Å². The molecule has 6 nitrogen and oxygen atoms in total. The molecule has 2 aromatic heterocycles. The Labute approximate surface area is 196 Å². The molecule has 1 unspecified atom stereocenters. The molecule has 5 rings (SSSR count). The van der Waals surface area contributed by atoms with E-state index in [9.17, 15) is 9.59 Å². The minimum absolute atomic E-state index is 0.189. The van der Waals surface area contributed by atoms with Crippen molar-refractivity contribution in [1.82, 2.24) is 9.88 Å². The summed E-state index contributed by atoms with van der Waals surface area (Å²) in [5.41, 5.74) is 1.16. The number of ether oxygens (including phenoxy) is 1. The molecule has 2 amide bonds. The van der Waals surface area contributed by atoms with E-state index < -0.39 is 5.54 Å². The summed E-state index contributed by atoms with van der Waals surface area (Å²) >= 11 is 1.58. The largest absolute Gasteiger partial charge is 0.494 e. The highest BCUT2D eigenvalue weighted by molar-refractivity contribution is 7.16. The quantitative estimate of drug-likeness (QED) is 0.449. The van der Waals surface area contributed by atoms with Gasteiger partial charge in [-0.3, -0.25) is 14.5 Å². The van der Waals surface area contributed by atoms with Crippen LogP contribution < -0.4 is 15.0 Å². The number of amides is 2. The first-order chi connectivity index (χ1) is 16.0. The number of fused-ring (bicyclic) bond motifs is 3. The lowest BCUT2D eigenvalue weighted by Gasteiger charge is -2.44. The van der Waals surface area contributed by atoms with Crippen LogP contribution in [0, 0.1) is 0 Å². The van der Waals surface area contributed by atoms with Gasteiger partial charge >= 0.3 is 0 Å². The van der Waals surface area contributed by atoms with Crippen molar-refractivity contribution in [3.8, 4) is 5.75 Å². The lowest BCUT2D eigenvalue weighted by molar-refractivity contribution is -0.126. The van der Waals surface area contributed by atoms with Crippen molar-refractivity contribution in [2.75, 3.05) is 11.5 Å². The number of carbonyl (C=O) groups excluding carboxylic acids is 2. The maximum absolute atomic E-state index is 13.8. The van der Waals surface area contributed by atoms with Crippen LogP contribution in [-0.4, -0.2) is 28.5 Å². The Balaban J connectivity index is 1.54. The van der Waals surface area contributed by atoms with Crippen molar-refractivity contribution in [3.63, 3.8) is 0 Å². The predicted octanol–water partition coefficient (Wildman–Crippen LogP) is 4.84. The molecule has 0 saturated carbocycles. The smallest absolute Gasteiger partial charge is 0.275 e. The summed E-state index contributed by atoms with van der Waals surface area (Å²) in [6, 6.07) is 21.0. The van der Waals surface area contributed by atoms with Gasteiger partial charge in [-0.2, -0.15) is 0 Å². The highest BCUT2D eigenvalue weighted by atomic mass is 32.1. The zero-order valence-corrected chi connectivity index (χ0v) is 19.4. The predicted molar refractivity (Wildman–Crippen MR) is 131 cm³/mol. The maximum Gasteiger partial charge on any atom is 0.275 e. The third-order valence-electron chi connectivity index (χ3n) is 6.08. The second-order valence-electron chi connectivity index (χ2n) is 8.31. The van der Waals surface area contributed by atoms with Crippen LogP contribution in [0.3, 0.4) is 0 Å². The van der Waals surface area contributed by atoms with Gasteiger partial charge in [0.2, 0.25) is 5.91 Å². The van der Waals surface area contributed by atoms with E-state index in [1.165, 1.54) is 0 Å². The number of hydrogen-bond acceptors (Lipinski definition) is 4. The van der Waals surface area contributed by atoms with Crippen molar-refractivity contribution < 1.29 is 14.3 Å². The summed E-state index contributed by atoms with van der Waals surface area (Å²) in [6.07, 6.45) is 0. The van der Waals surface area contributed by atoms with Crippen molar-refractivity contribution in [1.29, 1.82) is 0 Å². The fourth-order valence-electron chi connectivity index (χ4n) is 4.43. The molecule has 0 aliphatic carbocycles. The Hall–Kier alpha value is -3.58. The molecule has 1 aliphatic rings. The molecule has 4 aromatic rings. The van der Waals surface area contributed by atoms with Crippen molar-refractivity contribution >= 4 is 39.1 Å². The zero-order chi connectivity index (χ0) is 23.0. The van der Waals surface area contributed by atoms with Gasteiger partial charge in [0.25, 0.3) is 5.91 Å². The molecule has 0 saturated heterocycles. The summed E-state index contributed by atoms with van der Waals surface area (Å²) in [7, 11) is 0. The van der Waals surface area contributed by atoms with Crippen LogP contribution in [0.25, 0.3) is 10.2 Å². The number of hydrogen-bond donors (Lipinski definition) is 1. The number of anilines is 1. The standard InChI is InChI=1S/C26H25N3O3S/c1-3-32-21-11-9-20(10-12-21)29-23(30)22-15-19-13-14-33-24(19)28(22)17-26(29,2)25(31)27-16-18-7-5-4-6-8-18/h4-15H,3,16-17H2,1-2H3,(H,27,31). The maximum atomic E-state index is 13.8. The first-order valence-corrected chi connectivity index (χ1v) is 11.9. The number of benzene rings is 2. The lowest BCUT2D eigenvalue weighted by atomic mass is 9.93. The molecule has 0 radical (unpaired) electrons. The second kappa shape index (κ2) is 8.41. The van der Waals surface area contributed by atoms with E-state index in [1.807, 2.05) is 90.5 Å². The van der Waals surface area contributed by atoms with Crippen LogP contribution in [0.15, 0.2) is 72.1 Å². The number of aromatic nitrogens is 1. The molecular weight excluding hydrogens is 434 g/mol. The average Bonchev–Trinajstić information content (AvgIpc) is 3.42. The molecule has 2 aromatic carbocycles. The molecular formula is C26H25N3O3S. The Morgan fingerprint density at radius 1 is 1.12 bits per heavy atom. The zero-order valence-electron chi connectivity index (χ0n) is 18.6. The van der Waals surface area contributed by atoms with Crippen LogP contribution >= 0.6 is 11.3 Å². The van der Waals surface area contributed by atoms with E-state index in [2.05, 4.69) is 5.32 Å². The third kappa shape index (κ3) is 3.68. The number of carbonyl (C=O) groups is 2. The van der Waals surface area contributed by atoms with E-state index in [4.69, 9.17) is 4.74 Å². The van der Waals surface area contributed by atoms with Gasteiger partial charge in [0, 0.05) is 17.6 Å². The topological polar surface area (TPSA) is 63.6 Å². The van der Waals surface area contributed by atoms with Crippen LogP contribution in [-0.2, 0) is 17.9 Å². The molecule has 33 heavy (non-hydrogen) atoms. The molecule has 3 heterocycles. The van der Waals surface area contributed by atoms with Gasteiger partial charge in [0.15, 0.2) is 0 Å². The minimum Gasteiger partial charge on any atom is -0.494 e. The molecule has 0 fully saturated rings. The van der Waals surface area contributed by atoms with E-state index in [-0.39, 0.29) is 11.8 Å². The van der Waals surface area contributed by atoms with Gasteiger partial charge in [-0.25, -0.2) is 0 Å². The van der Waals surface area contributed by atoms with Gasteiger partial charge in [-0.05, 0) is 61.2 Å². The van der Waals surface area contributed by atoms with Crippen molar-refractivity contribution in [2.45, 2.75) is 32.5 Å². The van der Waals surface area contributed by atoms with E-state index >= 15 is 0 Å². The number of thiophene rings is 1. The molecule has 0 bridgehead atoms. The molecule has 1 aliphatic heterocycles. The molecule has 1 atom stereocenters. The summed E-state index contributed by atoms with van der Waals surface area (Å²) < 4.78 is 7.54. The van der Waals surface area contributed by atoms with Gasteiger partial charge < -0.3 is 14.6 Å². The number of nitrogens with zero attached hydrogens (tertiary/aromatic N) is 2. The lowest BCUT2D eigenvalue weighted by Crippen LogP contribution is -2.64. The Morgan fingerprint density at radius 3 is 2.61 bits per heavy atom. The van der Waals surface area contributed by atoms with E-state index in [1.54, 1.807) is 16.2 Å². The molecule has 168 valence electrons. The normalized spacial score (nSPS) is 17.8. The van der Waals surface area contributed by atoms with Gasteiger partial charge in [0.1, 0.15) is 21.8 Å². The first kappa shape index (κ1) is 21.3. The summed E-state index contributed by atoms with van der Waals surface area (Å²) in [5, 5.41) is 6.08. The van der Waals surface area contributed by atoms with Gasteiger partial charge in [0.05, 0.1) is 13.2 Å².